The molecule has 0 bridgehead atoms. The standard InChI is InChI=1S/C17H23BF3NO4/c1-15(2)16(3,4)26-18(25-15)12(10-22-5)8-11-9-13(23)6-7-14(11)24-17(19,20)21/h6-9,22-23H,10H2,1-5H3. The predicted molar refractivity (Wildman–Crippen MR) is 92.8 cm³/mol. The van der Waals surface area contributed by atoms with Gasteiger partial charge in [-0.3, -0.25) is 0 Å². The molecule has 0 aliphatic carbocycles. The summed E-state index contributed by atoms with van der Waals surface area (Å²) in [5, 5.41) is 12.6. The number of aromatic hydroxyl groups is 1. The van der Waals surface area contributed by atoms with Gasteiger partial charge in [-0.1, -0.05) is 6.08 Å². The second kappa shape index (κ2) is 7.13. The van der Waals surface area contributed by atoms with E-state index >= 15 is 0 Å². The third kappa shape index (κ3) is 4.72. The Morgan fingerprint density at radius 2 is 1.81 bits per heavy atom. The number of hydrogen-bond donors (Lipinski definition) is 2. The van der Waals surface area contributed by atoms with Crippen LogP contribution in [0.5, 0.6) is 11.5 Å². The quantitative estimate of drug-likeness (QED) is 0.774. The van der Waals surface area contributed by atoms with Gasteiger partial charge in [0.2, 0.25) is 0 Å². The van der Waals surface area contributed by atoms with Gasteiger partial charge in [-0.05, 0) is 58.4 Å². The molecular formula is C17H23BF3NO4. The number of phenols is 1. The van der Waals surface area contributed by atoms with Crippen molar-refractivity contribution < 1.29 is 32.3 Å². The molecular weight excluding hydrogens is 350 g/mol. The number of hydrogen-bond acceptors (Lipinski definition) is 5. The molecule has 1 aromatic rings. The van der Waals surface area contributed by atoms with Crippen LogP contribution in [0.1, 0.15) is 33.3 Å². The van der Waals surface area contributed by atoms with E-state index in [1.54, 1.807) is 7.05 Å². The summed E-state index contributed by atoms with van der Waals surface area (Å²) in [7, 11) is 0.961. The van der Waals surface area contributed by atoms with E-state index in [1.165, 1.54) is 12.1 Å². The molecule has 2 N–H and O–H groups in total. The lowest BCUT2D eigenvalue weighted by molar-refractivity contribution is -0.274. The highest BCUT2D eigenvalue weighted by Crippen LogP contribution is 2.39. The molecule has 0 amide bonds. The minimum Gasteiger partial charge on any atom is -0.508 e. The fourth-order valence-corrected chi connectivity index (χ4v) is 2.47. The highest BCUT2D eigenvalue weighted by atomic mass is 19.4. The number of benzene rings is 1. The Balaban J connectivity index is 2.42. The van der Waals surface area contributed by atoms with E-state index in [0.717, 1.165) is 12.1 Å². The van der Waals surface area contributed by atoms with Gasteiger partial charge in [0.15, 0.2) is 0 Å². The van der Waals surface area contributed by atoms with Crippen LogP contribution < -0.4 is 10.1 Å². The number of nitrogens with one attached hydrogen (secondary N) is 1. The Kier molecular flexibility index (Phi) is 5.65. The minimum atomic E-state index is -4.84. The van der Waals surface area contributed by atoms with Crippen LogP contribution in [0, 0.1) is 0 Å². The predicted octanol–water partition coefficient (Wildman–Crippen LogP) is 3.53. The lowest BCUT2D eigenvalue weighted by Crippen LogP contribution is -2.41. The van der Waals surface area contributed by atoms with E-state index < -0.39 is 30.4 Å². The second-order valence-corrected chi connectivity index (χ2v) is 7.11. The van der Waals surface area contributed by atoms with Crippen molar-refractivity contribution in [2.75, 3.05) is 13.6 Å². The van der Waals surface area contributed by atoms with Crippen LogP contribution in [0.15, 0.2) is 23.7 Å². The molecule has 0 radical (unpaired) electrons. The van der Waals surface area contributed by atoms with Crippen LogP contribution in [0.3, 0.4) is 0 Å². The molecule has 26 heavy (non-hydrogen) atoms. The third-order valence-electron chi connectivity index (χ3n) is 4.50. The smallest absolute Gasteiger partial charge is 0.508 e. The molecule has 0 saturated carbocycles. The van der Waals surface area contributed by atoms with Gasteiger partial charge in [0.1, 0.15) is 11.5 Å². The molecule has 0 unspecified atom stereocenters. The summed E-state index contributed by atoms with van der Waals surface area (Å²) in [6, 6.07) is 3.39. The van der Waals surface area contributed by atoms with Crippen LogP contribution in [0.25, 0.3) is 6.08 Å². The molecule has 0 atom stereocenters. The number of phenolic OH excluding ortho intramolecular Hbond substituents is 1. The molecule has 2 rings (SSSR count). The summed E-state index contributed by atoms with van der Waals surface area (Å²) in [6.07, 6.45) is -3.37. The molecule has 0 spiro atoms. The Bertz CT molecular complexity index is 673. The van der Waals surface area contributed by atoms with Crippen molar-refractivity contribution >= 4 is 13.2 Å². The van der Waals surface area contributed by atoms with Crippen LogP contribution in [-0.4, -0.2) is 43.4 Å². The van der Waals surface area contributed by atoms with E-state index in [2.05, 4.69) is 10.1 Å². The fourth-order valence-electron chi connectivity index (χ4n) is 2.47. The first-order valence-electron chi connectivity index (χ1n) is 8.14. The van der Waals surface area contributed by atoms with Gasteiger partial charge >= 0.3 is 13.5 Å². The zero-order chi connectivity index (χ0) is 19.8. The molecule has 0 aromatic heterocycles. The molecule has 1 heterocycles. The van der Waals surface area contributed by atoms with E-state index in [9.17, 15) is 18.3 Å². The molecule has 5 nitrogen and oxygen atoms in total. The second-order valence-electron chi connectivity index (χ2n) is 7.11. The molecule has 9 heteroatoms. The monoisotopic (exact) mass is 373 g/mol. The van der Waals surface area contributed by atoms with Crippen LogP contribution >= 0.6 is 0 Å². The summed E-state index contributed by atoms with van der Waals surface area (Å²) in [6.45, 7) is 7.86. The maximum absolute atomic E-state index is 12.6. The van der Waals surface area contributed by atoms with E-state index in [4.69, 9.17) is 9.31 Å². The van der Waals surface area contributed by atoms with Gasteiger partial charge in [-0.2, -0.15) is 0 Å². The highest BCUT2D eigenvalue weighted by Gasteiger charge is 2.52. The van der Waals surface area contributed by atoms with Crippen molar-refractivity contribution in [3.63, 3.8) is 0 Å². The average molecular weight is 373 g/mol. The number of ether oxygens (including phenoxy) is 1. The molecule has 1 fully saturated rings. The van der Waals surface area contributed by atoms with Crippen molar-refractivity contribution in [2.24, 2.45) is 0 Å². The number of alkyl halides is 3. The Hall–Kier alpha value is -1.71. The van der Waals surface area contributed by atoms with E-state index in [0.29, 0.717) is 12.0 Å². The Morgan fingerprint density at radius 1 is 1.23 bits per heavy atom. The Labute approximate surface area is 151 Å². The average Bonchev–Trinajstić information content (AvgIpc) is 2.68. The van der Waals surface area contributed by atoms with E-state index in [1.807, 2.05) is 27.7 Å². The van der Waals surface area contributed by atoms with Crippen molar-refractivity contribution in [2.45, 2.75) is 45.3 Å². The SMILES string of the molecule is CNCC(=Cc1cc(O)ccc1OC(F)(F)F)B1OC(C)(C)C(C)(C)O1. The van der Waals surface area contributed by atoms with E-state index in [-0.39, 0.29) is 11.3 Å². The zero-order valence-corrected chi connectivity index (χ0v) is 15.4. The highest BCUT2D eigenvalue weighted by molar-refractivity contribution is 6.56. The summed E-state index contributed by atoms with van der Waals surface area (Å²) in [5.74, 6) is -0.594. The van der Waals surface area contributed by atoms with Gasteiger partial charge < -0.3 is 24.5 Å². The van der Waals surface area contributed by atoms with Gasteiger partial charge in [-0.15, -0.1) is 13.2 Å². The number of rotatable bonds is 5. The van der Waals surface area contributed by atoms with Crippen molar-refractivity contribution in [3.8, 4) is 11.5 Å². The normalized spacial score (nSPS) is 19.7. The topological polar surface area (TPSA) is 60.0 Å². The number of likely N-dealkylation sites (N-methyl/N-ethyl adjacent to an activating group) is 1. The van der Waals surface area contributed by atoms with Gasteiger partial charge in [0.05, 0.1) is 11.2 Å². The van der Waals surface area contributed by atoms with Crippen molar-refractivity contribution in [1.82, 2.24) is 5.32 Å². The summed E-state index contributed by atoms with van der Waals surface area (Å²) in [4.78, 5) is 0. The Morgan fingerprint density at radius 3 is 2.31 bits per heavy atom. The molecule has 1 aromatic carbocycles. The lowest BCUT2D eigenvalue weighted by Gasteiger charge is -2.32. The molecule has 1 aliphatic heterocycles. The number of halogens is 3. The van der Waals surface area contributed by atoms with Crippen LogP contribution in [-0.2, 0) is 9.31 Å². The minimum absolute atomic E-state index is 0.0716. The third-order valence-corrected chi connectivity index (χ3v) is 4.50. The first kappa shape index (κ1) is 20.6. The molecule has 144 valence electrons. The van der Waals surface area contributed by atoms with Crippen molar-refractivity contribution in [3.05, 3.63) is 29.2 Å². The van der Waals surface area contributed by atoms with Crippen LogP contribution in [0.4, 0.5) is 13.2 Å². The summed E-state index contributed by atoms with van der Waals surface area (Å²) in [5.41, 5.74) is -0.533. The summed E-state index contributed by atoms with van der Waals surface area (Å²) < 4.78 is 53.9. The first-order chi connectivity index (χ1) is 11.8. The molecule has 1 aliphatic rings. The van der Waals surface area contributed by atoms with Crippen LogP contribution in [0.2, 0.25) is 0 Å². The zero-order valence-electron chi connectivity index (χ0n) is 15.4. The fraction of sp³-hybridized carbons (Fsp3) is 0.529. The van der Waals surface area contributed by atoms with Crippen molar-refractivity contribution in [1.29, 1.82) is 0 Å². The maximum atomic E-state index is 12.6. The summed E-state index contributed by atoms with van der Waals surface area (Å²) >= 11 is 0. The maximum Gasteiger partial charge on any atom is 0.573 e. The lowest BCUT2D eigenvalue weighted by atomic mass is 9.77. The first-order valence-corrected chi connectivity index (χ1v) is 8.14. The van der Waals surface area contributed by atoms with Gasteiger partial charge in [-0.25, -0.2) is 0 Å². The largest absolute Gasteiger partial charge is 0.573 e. The van der Waals surface area contributed by atoms with Gasteiger partial charge in [0, 0.05) is 12.1 Å². The molecule has 1 saturated heterocycles. The van der Waals surface area contributed by atoms with Gasteiger partial charge in [0.25, 0.3) is 0 Å².